The third-order valence-corrected chi connectivity index (χ3v) is 5.69. The Kier molecular flexibility index (Phi) is 5.72. The third kappa shape index (κ3) is 4.55. The van der Waals surface area contributed by atoms with Crippen LogP contribution in [-0.4, -0.2) is 49.5 Å². The molecule has 1 aliphatic heterocycles. The number of hydrogen-bond donors (Lipinski definition) is 0. The van der Waals surface area contributed by atoms with Crippen LogP contribution in [-0.2, 0) is 0 Å². The van der Waals surface area contributed by atoms with Crippen LogP contribution in [0.4, 0.5) is 10.4 Å². The first-order chi connectivity index (χ1) is 16.1. The second-order valence-corrected chi connectivity index (χ2v) is 8.34. The average Bonchev–Trinajstić information content (AvgIpc) is 3.53. The Morgan fingerprint density at radius 2 is 1.88 bits per heavy atom. The summed E-state index contributed by atoms with van der Waals surface area (Å²) in [6, 6.07) is 13.0. The zero-order chi connectivity index (χ0) is 22.8. The SMILES string of the molecule is CC(C)c1noc(N2CCC(Oc3ccc(-c4ccc(-n5cnnn5)cc4F)cc3)CC2)n1. The number of rotatable bonds is 6. The van der Waals surface area contributed by atoms with E-state index < -0.39 is 0 Å². The molecule has 4 aromatic rings. The molecule has 0 spiro atoms. The molecule has 0 amide bonds. The summed E-state index contributed by atoms with van der Waals surface area (Å²) in [6.45, 7) is 5.67. The molecule has 1 fully saturated rings. The van der Waals surface area contributed by atoms with E-state index in [9.17, 15) is 4.39 Å². The van der Waals surface area contributed by atoms with Gasteiger partial charge in [-0.25, -0.2) is 9.07 Å². The number of nitrogens with zero attached hydrogens (tertiary/aromatic N) is 7. The fraction of sp³-hybridized carbons (Fsp3) is 0.348. The Morgan fingerprint density at radius 1 is 1.09 bits per heavy atom. The van der Waals surface area contributed by atoms with Gasteiger partial charge in [0.1, 0.15) is 24.0 Å². The largest absolute Gasteiger partial charge is 0.490 e. The Hall–Kier alpha value is -3.82. The van der Waals surface area contributed by atoms with Gasteiger partial charge < -0.3 is 14.2 Å². The van der Waals surface area contributed by atoms with Crippen molar-refractivity contribution in [3.8, 4) is 22.6 Å². The first-order valence-corrected chi connectivity index (χ1v) is 11.0. The van der Waals surface area contributed by atoms with Gasteiger partial charge in [-0.15, -0.1) is 5.10 Å². The molecule has 3 heterocycles. The third-order valence-electron chi connectivity index (χ3n) is 5.69. The van der Waals surface area contributed by atoms with Gasteiger partial charge in [0, 0.05) is 43.5 Å². The fourth-order valence-corrected chi connectivity index (χ4v) is 3.82. The summed E-state index contributed by atoms with van der Waals surface area (Å²) in [6.07, 6.45) is 3.24. The predicted molar refractivity (Wildman–Crippen MR) is 119 cm³/mol. The van der Waals surface area contributed by atoms with Gasteiger partial charge >= 0.3 is 6.01 Å². The molecule has 5 rings (SSSR count). The van der Waals surface area contributed by atoms with Crippen molar-refractivity contribution in [2.75, 3.05) is 18.0 Å². The molecule has 2 aromatic carbocycles. The van der Waals surface area contributed by atoms with Crippen molar-refractivity contribution in [3.63, 3.8) is 0 Å². The highest BCUT2D eigenvalue weighted by Crippen LogP contribution is 2.28. The molecule has 0 unspecified atom stereocenters. The Balaban J connectivity index is 1.19. The van der Waals surface area contributed by atoms with Crippen LogP contribution in [0.15, 0.2) is 53.3 Å². The summed E-state index contributed by atoms with van der Waals surface area (Å²) in [5.41, 5.74) is 1.84. The number of halogens is 1. The molecule has 0 N–H and O–H groups in total. The van der Waals surface area contributed by atoms with Crippen molar-refractivity contribution in [1.29, 1.82) is 0 Å². The van der Waals surface area contributed by atoms with E-state index in [1.165, 1.54) is 17.1 Å². The lowest BCUT2D eigenvalue weighted by Gasteiger charge is -2.30. The van der Waals surface area contributed by atoms with E-state index in [0.717, 1.165) is 43.1 Å². The van der Waals surface area contributed by atoms with Gasteiger partial charge in [0.15, 0.2) is 5.82 Å². The van der Waals surface area contributed by atoms with E-state index in [1.54, 1.807) is 12.1 Å². The van der Waals surface area contributed by atoms with Gasteiger partial charge in [-0.3, -0.25) is 0 Å². The first-order valence-electron chi connectivity index (χ1n) is 11.0. The number of piperidine rings is 1. The van der Waals surface area contributed by atoms with Crippen molar-refractivity contribution in [1.82, 2.24) is 30.3 Å². The van der Waals surface area contributed by atoms with E-state index in [4.69, 9.17) is 9.26 Å². The van der Waals surface area contributed by atoms with Crippen LogP contribution in [0.3, 0.4) is 0 Å². The minimum Gasteiger partial charge on any atom is -0.490 e. The molecule has 10 heteroatoms. The minimum absolute atomic E-state index is 0.104. The summed E-state index contributed by atoms with van der Waals surface area (Å²) in [7, 11) is 0. The first kappa shape index (κ1) is 21.0. The maximum atomic E-state index is 14.7. The van der Waals surface area contributed by atoms with Crippen molar-refractivity contribution in [2.24, 2.45) is 0 Å². The zero-order valence-electron chi connectivity index (χ0n) is 18.4. The highest BCUT2D eigenvalue weighted by atomic mass is 19.1. The molecular formula is C23H24FN7O2. The highest BCUT2D eigenvalue weighted by Gasteiger charge is 2.24. The Bertz CT molecular complexity index is 1200. The fourth-order valence-electron chi connectivity index (χ4n) is 3.82. The standard InChI is InChI=1S/C23H24FN7O2/c1-15(2)22-26-23(33-27-22)30-11-9-19(10-12-30)32-18-6-3-16(4-7-18)20-8-5-17(13-21(20)24)31-14-25-28-29-31/h3-8,13-15,19H,9-12H2,1-2H3. The quantitative estimate of drug-likeness (QED) is 0.436. The van der Waals surface area contributed by atoms with Crippen molar-refractivity contribution in [2.45, 2.75) is 38.7 Å². The summed E-state index contributed by atoms with van der Waals surface area (Å²) < 4.78 is 27.7. The molecule has 0 atom stereocenters. The molecule has 1 aliphatic rings. The Labute approximate surface area is 190 Å². The van der Waals surface area contributed by atoms with Gasteiger partial charge in [0.2, 0.25) is 0 Å². The maximum absolute atomic E-state index is 14.7. The monoisotopic (exact) mass is 449 g/mol. The van der Waals surface area contributed by atoms with E-state index in [1.807, 2.05) is 38.1 Å². The molecule has 0 radical (unpaired) electrons. The molecule has 0 saturated carbocycles. The van der Waals surface area contributed by atoms with E-state index in [-0.39, 0.29) is 17.8 Å². The van der Waals surface area contributed by atoms with Gasteiger partial charge in [0.05, 0.1) is 5.69 Å². The van der Waals surface area contributed by atoms with Crippen LogP contribution in [0.5, 0.6) is 5.75 Å². The average molecular weight is 449 g/mol. The van der Waals surface area contributed by atoms with E-state index in [2.05, 4.69) is 30.6 Å². The predicted octanol–water partition coefficient (Wildman–Crippen LogP) is 4.02. The minimum atomic E-state index is -0.342. The number of ether oxygens (including phenoxy) is 1. The van der Waals surface area contributed by atoms with Gasteiger partial charge in [-0.2, -0.15) is 4.98 Å². The van der Waals surface area contributed by atoms with Crippen LogP contribution in [0.25, 0.3) is 16.8 Å². The molecule has 0 bridgehead atoms. The topological polar surface area (TPSA) is 95.0 Å². The molecule has 9 nitrogen and oxygen atoms in total. The van der Waals surface area contributed by atoms with Crippen LogP contribution < -0.4 is 9.64 Å². The van der Waals surface area contributed by atoms with Crippen LogP contribution >= 0.6 is 0 Å². The summed E-state index contributed by atoms with van der Waals surface area (Å²) in [5, 5.41) is 15.0. The van der Waals surface area contributed by atoms with E-state index >= 15 is 0 Å². The summed E-state index contributed by atoms with van der Waals surface area (Å²) >= 11 is 0. The van der Waals surface area contributed by atoms with Crippen molar-refractivity contribution < 1.29 is 13.7 Å². The zero-order valence-corrected chi connectivity index (χ0v) is 18.4. The highest BCUT2D eigenvalue weighted by molar-refractivity contribution is 5.66. The number of anilines is 1. The lowest BCUT2D eigenvalue weighted by Crippen LogP contribution is -2.38. The second kappa shape index (κ2) is 8.97. The molecule has 2 aromatic heterocycles. The van der Waals surface area contributed by atoms with Crippen molar-refractivity contribution >= 4 is 6.01 Å². The Morgan fingerprint density at radius 3 is 2.52 bits per heavy atom. The lowest BCUT2D eigenvalue weighted by atomic mass is 10.0. The van der Waals surface area contributed by atoms with Crippen molar-refractivity contribution in [3.05, 3.63) is 60.4 Å². The number of aromatic nitrogens is 6. The summed E-state index contributed by atoms with van der Waals surface area (Å²) in [4.78, 5) is 6.57. The van der Waals surface area contributed by atoms with Crippen LogP contribution in [0, 0.1) is 5.82 Å². The number of hydrogen-bond acceptors (Lipinski definition) is 8. The molecular weight excluding hydrogens is 425 g/mol. The number of benzene rings is 2. The summed E-state index contributed by atoms with van der Waals surface area (Å²) in [5.74, 6) is 1.39. The van der Waals surface area contributed by atoms with Gasteiger partial charge in [-0.1, -0.05) is 31.1 Å². The van der Waals surface area contributed by atoms with Crippen LogP contribution in [0.2, 0.25) is 0 Å². The molecule has 33 heavy (non-hydrogen) atoms. The maximum Gasteiger partial charge on any atom is 0.324 e. The number of tetrazole rings is 1. The van der Waals surface area contributed by atoms with E-state index in [0.29, 0.717) is 17.3 Å². The molecule has 1 saturated heterocycles. The van der Waals surface area contributed by atoms with Gasteiger partial charge in [0.25, 0.3) is 0 Å². The second-order valence-electron chi connectivity index (χ2n) is 8.34. The van der Waals surface area contributed by atoms with Gasteiger partial charge in [-0.05, 0) is 40.3 Å². The molecule has 0 aliphatic carbocycles. The lowest BCUT2D eigenvalue weighted by molar-refractivity contribution is 0.168. The smallest absolute Gasteiger partial charge is 0.324 e. The molecule has 170 valence electrons. The normalized spacial score (nSPS) is 14.7. The van der Waals surface area contributed by atoms with Crippen LogP contribution in [0.1, 0.15) is 38.4 Å².